The molecule has 1 heterocycles. The molecule has 0 fully saturated rings. The van der Waals surface area contributed by atoms with Gasteiger partial charge in [-0.05, 0) is 38.7 Å². The van der Waals surface area contributed by atoms with Crippen LogP contribution in [0.3, 0.4) is 0 Å². The van der Waals surface area contributed by atoms with E-state index in [0.29, 0.717) is 17.3 Å². The zero-order chi connectivity index (χ0) is 17.0. The molecule has 2 aromatic rings. The van der Waals surface area contributed by atoms with Crippen LogP contribution in [-0.2, 0) is 0 Å². The molecule has 0 saturated heterocycles. The predicted molar refractivity (Wildman–Crippen MR) is 86.6 cm³/mol. The molecule has 0 radical (unpaired) electrons. The van der Waals surface area contributed by atoms with Crippen LogP contribution in [0.4, 0.5) is 4.39 Å². The zero-order valence-electron chi connectivity index (χ0n) is 13.3. The summed E-state index contributed by atoms with van der Waals surface area (Å²) in [5.74, 6) is -0.852. The molecular formula is C15H19ClFN5O. The van der Waals surface area contributed by atoms with E-state index in [1.165, 1.54) is 16.8 Å². The number of rotatable bonds is 6. The van der Waals surface area contributed by atoms with Crippen molar-refractivity contribution in [2.45, 2.75) is 13.8 Å². The molecule has 124 valence electrons. The first-order chi connectivity index (χ1) is 10.9. The molecule has 23 heavy (non-hydrogen) atoms. The number of likely N-dealkylation sites (N-methyl/N-ethyl adjacent to an activating group) is 1. The Morgan fingerprint density at radius 3 is 2.87 bits per heavy atom. The van der Waals surface area contributed by atoms with E-state index in [2.05, 4.69) is 20.5 Å². The molecule has 1 aromatic heterocycles. The van der Waals surface area contributed by atoms with Crippen molar-refractivity contribution in [2.24, 2.45) is 0 Å². The van der Waals surface area contributed by atoms with Crippen molar-refractivity contribution in [3.63, 3.8) is 0 Å². The van der Waals surface area contributed by atoms with E-state index in [0.717, 1.165) is 13.1 Å². The lowest BCUT2D eigenvalue weighted by molar-refractivity contribution is 0.0944. The van der Waals surface area contributed by atoms with Crippen LogP contribution in [0, 0.1) is 12.7 Å². The van der Waals surface area contributed by atoms with Gasteiger partial charge in [-0.1, -0.05) is 23.7 Å². The third-order valence-electron chi connectivity index (χ3n) is 3.57. The lowest BCUT2D eigenvalue weighted by atomic mass is 10.2. The molecule has 6 nitrogen and oxygen atoms in total. The fourth-order valence-electron chi connectivity index (χ4n) is 2.02. The predicted octanol–water partition coefficient (Wildman–Crippen LogP) is 2.05. The van der Waals surface area contributed by atoms with Crippen LogP contribution < -0.4 is 5.32 Å². The van der Waals surface area contributed by atoms with Crippen LogP contribution >= 0.6 is 11.6 Å². The Kier molecular flexibility index (Phi) is 5.68. The van der Waals surface area contributed by atoms with Crippen LogP contribution in [0.1, 0.15) is 23.1 Å². The Morgan fingerprint density at radius 2 is 2.22 bits per heavy atom. The molecular weight excluding hydrogens is 321 g/mol. The standard InChI is InChI=1S/C15H19ClFN5O/c1-4-21(3)8-7-18-15(23)14-10(2)22(20-19-14)13-6-5-11(16)9-12(13)17/h5-6,9H,4,7-8H2,1-3H3,(H,18,23). The van der Waals surface area contributed by atoms with Gasteiger partial charge in [-0.25, -0.2) is 9.07 Å². The number of benzene rings is 1. The van der Waals surface area contributed by atoms with Gasteiger partial charge in [0.05, 0.1) is 5.69 Å². The third-order valence-corrected chi connectivity index (χ3v) is 3.80. The van der Waals surface area contributed by atoms with E-state index in [-0.39, 0.29) is 17.3 Å². The molecule has 0 aliphatic rings. The van der Waals surface area contributed by atoms with Gasteiger partial charge in [0.1, 0.15) is 11.5 Å². The van der Waals surface area contributed by atoms with Gasteiger partial charge in [0.25, 0.3) is 5.91 Å². The van der Waals surface area contributed by atoms with E-state index in [9.17, 15) is 9.18 Å². The second-order valence-corrected chi connectivity index (χ2v) is 5.62. The Morgan fingerprint density at radius 1 is 1.48 bits per heavy atom. The average molecular weight is 340 g/mol. The molecule has 1 amide bonds. The first-order valence-electron chi connectivity index (χ1n) is 7.28. The summed E-state index contributed by atoms with van der Waals surface area (Å²) >= 11 is 5.74. The van der Waals surface area contributed by atoms with Crippen molar-refractivity contribution < 1.29 is 9.18 Å². The summed E-state index contributed by atoms with van der Waals surface area (Å²) in [7, 11) is 1.97. The van der Waals surface area contributed by atoms with Gasteiger partial charge in [0.2, 0.25) is 0 Å². The highest BCUT2D eigenvalue weighted by molar-refractivity contribution is 6.30. The topological polar surface area (TPSA) is 63.1 Å². The smallest absolute Gasteiger partial charge is 0.273 e. The van der Waals surface area contributed by atoms with Crippen molar-refractivity contribution in [1.29, 1.82) is 0 Å². The molecule has 0 bridgehead atoms. The average Bonchev–Trinajstić information content (AvgIpc) is 2.88. The number of carbonyl (C=O) groups excluding carboxylic acids is 1. The van der Waals surface area contributed by atoms with E-state index < -0.39 is 5.82 Å². The van der Waals surface area contributed by atoms with Gasteiger partial charge >= 0.3 is 0 Å². The number of hydrogen-bond donors (Lipinski definition) is 1. The molecule has 0 aliphatic heterocycles. The van der Waals surface area contributed by atoms with Crippen molar-refractivity contribution in [3.05, 3.63) is 40.4 Å². The molecule has 2 rings (SSSR count). The van der Waals surface area contributed by atoms with Crippen LogP contribution in [0.2, 0.25) is 5.02 Å². The minimum atomic E-state index is -0.526. The lowest BCUT2D eigenvalue weighted by Crippen LogP contribution is -2.33. The van der Waals surface area contributed by atoms with E-state index >= 15 is 0 Å². The number of nitrogens with zero attached hydrogens (tertiary/aromatic N) is 4. The largest absolute Gasteiger partial charge is 0.349 e. The minimum Gasteiger partial charge on any atom is -0.349 e. The van der Waals surface area contributed by atoms with Gasteiger partial charge < -0.3 is 10.2 Å². The van der Waals surface area contributed by atoms with E-state index in [4.69, 9.17) is 11.6 Å². The highest BCUT2D eigenvalue weighted by Crippen LogP contribution is 2.19. The first kappa shape index (κ1) is 17.4. The summed E-state index contributed by atoms with van der Waals surface area (Å²) < 4.78 is 15.3. The van der Waals surface area contributed by atoms with Crippen molar-refractivity contribution >= 4 is 17.5 Å². The summed E-state index contributed by atoms with van der Waals surface area (Å²) in [6, 6.07) is 4.25. The number of carbonyl (C=O) groups is 1. The van der Waals surface area contributed by atoms with Gasteiger partial charge in [0.15, 0.2) is 5.69 Å². The van der Waals surface area contributed by atoms with E-state index in [1.54, 1.807) is 13.0 Å². The third kappa shape index (κ3) is 4.05. The Balaban J connectivity index is 2.14. The second-order valence-electron chi connectivity index (χ2n) is 5.18. The monoisotopic (exact) mass is 339 g/mol. The fourth-order valence-corrected chi connectivity index (χ4v) is 2.18. The molecule has 0 saturated carbocycles. The molecule has 0 spiro atoms. The summed E-state index contributed by atoms with van der Waals surface area (Å²) in [4.78, 5) is 14.2. The van der Waals surface area contributed by atoms with Crippen LogP contribution in [0.15, 0.2) is 18.2 Å². The van der Waals surface area contributed by atoms with Crippen LogP contribution in [0.5, 0.6) is 0 Å². The summed E-state index contributed by atoms with van der Waals surface area (Å²) in [6.45, 7) is 5.85. The number of nitrogens with one attached hydrogen (secondary N) is 1. The van der Waals surface area contributed by atoms with Crippen LogP contribution in [-0.4, -0.2) is 52.5 Å². The Bertz CT molecular complexity index is 703. The zero-order valence-corrected chi connectivity index (χ0v) is 14.1. The van der Waals surface area contributed by atoms with Crippen molar-refractivity contribution in [1.82, 2.24) is 25.2 Å². The molecule has 0 unspecified atom stereocenters. The fraction of sp³-hybridized carbons (Fsp3) is 0.400. The van der Waals surface area contributed by atoms with E-state index in [1.807, 2.05) is 14.0 Å². The Labute approximate surface area is 139 Å². The van der Waals surface area contributed by atoms with Crippen LogP contribution in [0.25, 0.3) is 5.69 Å². The number of hydrogen-bond acceptors (Lipinski definition) is 4. The first-order valence-corrected chi connectivity index (χ1v) is 7.66. The molecule has 0 aliphatic carbocycles. The Hall–Kier alpha value is -1.99. The quantitative estimate of drug-likeness (QED) is 0.875. The lowest BCUT2D eigenvalue weighted by Gasteiger charge is -2.13. The maximum absolute atomic E-state index is 14.0. The summed E-state index contributed by atoms with van der Waals surface area (Å²) in [5.41, 5.74) is 0.843. The highest BCUT2D eigenvalue weighted by atomic mass is 35.5. The minimum absolute atomic E-state index is 0.179. The SMILES string of the molecule is CCN(C)CCNC(=O)c1nnn(-c2ccc(Cl)cc2F)c1C. The van der Waals surface area contributed by atoms with Crippen molar-refractivity contribution in [2.75, 3.05) is 26.7 Å². The number of amides is 1. The normalized spacial score (nSPS) is 11.0. The molecule has 8 heteroatoms. The second kappa shape index (κ2) is 7.52. The maximum atomic E-state index is 14.0. The van der Waals surface area contributed by atoms with Gasteiger partial charge in [-0.2, -0.15) is 0 Å². The highest BCUT2D eigenvalue weighted by Gasteiger charge is 2.18. The van der Waals surface area contributed by atoms with Gasteiger partial charge in [-0.3, -0.25) is 4.79 Å². The maximum Gasteiger partial charge on any atom is 0.273 e. The summed E-state index contributed by atoms with van der Waals surface area (Å²) in [5, 5.41) is 10.8. The van der Waals surface area contributed by atoms with Gasteiger partial charge in [0, 0.05) is 18.1 Å². The number of aromatic nitrogens is 3. The molecule has 0 atom stereocenters. The van der Waals surface area contributed by atoms with Crippen molar-refractivity contribution in [3.8, 4) is 5.69 Å². The molecule has 1 N–H and O–H groups in total. The summed E-state index contributed by atoms with van der Waals surface area (Å²) in [6.07, 6.45) is 0. The van der Waals surface area contributed by atoms with Gasteiger partial charge in [-0.15, -0.1) is 5.10 Å². The molecule has 1 aromatic carbocycles. The number of halogens is 2.